The molecular weight excluding hydrogens is 387 g/mol. The van der Waals surface area contributed by atoms with E-state index in [2.05, 4.69) is 25.6 Å². The van der Waals surface area contributed by atoms with Crippen molar-refractivity contribution in [1.29, 1.82) is 0 Å². The summed E-state index contributed by atoms with van der Waals surface area (Å²) in [7, 11) is 0. The van der Waals surface area contributed by atoms with E-state index in [0.29, 0.717) is 11.9 Å². The second kappa shape index (κ2) is 9.16. The number of nitrogen functional groups attached to an aromatic ring is 1. The summed E-state index contributed by atoms with van der Waals surface area (Å²) in [5.41, 5.74) is 14.7. The third kappa shape index (κ3) is 4.77. The molecule has 0 aliphatic heterocycles. The minimum absolute atomic E-state index is 0. The molecule has 5 N–H and O–H groups in total. The predicted molar refractivity (Wildman–Crippen MR) is 112 cm³/mol. The van der Waals surface area contributed by atoms with Gasteiger partial charge in [-0.25, -0.2) is 9.67 Å². The summed E-state index contributed by atoms with van der Waals surface area (Å²) in [6.07, 6.45) is 2.84. The maximum atomic E-state index is 5.86. The van der Waals surface area contributed by atoms with Gasteiger partial charge in [0, 0.05) is 31.1 Å². The van der Waals surface area contributed by atoms with E-state index < -0.39 is 0 Å². The molecule has 1 fully saturated rings. The first kappa shape index (κ1) is 21.1. The molecule has 2 heterocycles. The molecule has 0 saturated heterocycles. The molecule has 10 heteroatoms. The van der Waals surface area contributed by atoms with E-state index in [9.17, 15) is 0 Å². The lowest BCUT2D eigenvalue weighted by atomic mass is 9.78. The first-order chi connectivity index (χ1) is 12.2. The summed E-state index contributed by atoms with van der Waals surface area (Å²) >= 11 is 0. The number of rotatable bonds is 6. The highest BCUT2D eigenvalue weighted by Gasteiger charge is 2.29. The van der Waals surface area contributed by atoms with Crippen molar-refractivity contribution in [3.8, 4) is 0 Å². The number of halogens is 2. The topological polar surface area (TPSA) is 121 Å². The van der Waals surface area contributed by atoms with Gasteiger partial charge in [0.05, 0.1) is 11.2 Å². The van der Waals surface area contributed by atoms with E-state index in [1.54, 1.807) is 0 Å². The average molecular weight is 411 g/mol. The second-order valence-electron chi connectivity index (χ2n) is 6.55. The number of hydrogen-bond donors (Lipinski definition) is 3. The summed E-state index contributed by atoms with van der Waals surface area (Å²) < 4.78 is 1.92. The zero-order chi connectivity index (χ0) is 17.2. The number of benzene rings is 1. The van der Waals surface area contributed by atoms with E-state index in [1.165, 1.54) is 0 Å². The minimum Gasteiger partial charge on any atom is -0.370 e. The number of hydrogen-bond acceptors (Lipinski definition) is 7. The lowest BCUT2D eigenvalue weighted by Crippen LogP contribution is -2.35. The van der Waals surface area contributed by atoms with Gasteiger partial charge in [-0.1, -0.05) is 17.3 Å². The molecule has 0 spiro atoms. The van der Waals surface area contributed by atoms with Crippen LogP contribution >= 0.6 is 24.8 Å². The minimum atomic E-state index is 0. The van der Waals surface area contributed by atoms with Gasteiger partial charge in [-0.15, -0.1) is 29.9 Å². The SMILES string of the molecule is Cl.Cl.Nc1nc(NCCCn2nnc3ccccc32)cc(C2CC(N)C2)n1. The molecule has 0 unspecified atom stereocenters. The molecule has 1 aliphatic rings. The van der Waals surface area contributed by atoms with Crippen LogP contribution in [0.1, 0.15) is 30.9 Å². The van der Waals surface area contributed by atoms with E-state index in [-0.39, 0.29) is 30.9 Å². The van der Waals surface area contributed by atoms with Crippen molar-refractivity contribution in [2.45, 2.75) is 37.8 Å². The van der Waals surface area contributed by atoms with Crippen LogP contribution in [0.3, 0.4) is 0 Å². The van der Waals surface area contributed by atoms with E-state index in [1.807, 2.05) is 35.0 Å². The number of fused-ring (bicyclic) bond motifs is 1. The number of anilines is 2. The van der Waals surface area contributed by atoms with E-state index in [4.69, 9.17) is 11.5 Å². The summed E-state index contributed by atoms with van der Waals surface area (Å²) in [5, 5.41) is 11.7. The van der Waals surface area contributed by atoms with Gasteiger partial charge in [0.15, 0.2) is 0 Å². The van der Waals surface area contributed by atoms with Gasteiger partial charge >= 0.3 is 0 Å². The van der Waals surface area contributed by atoms with Crippen LogP contribution in [0.25, 0.3) is 11.0 Å². The summed E-state index contributed by atoms with van der Waals surface area (Å²) in [4.78, 5) is 8.61. The van der Waals surface area contributed by atoms with Crippen LogP contribution in [-0.2, 0) is 6.54 Å². The molecule has 0 radical (unpaired) electrons. The maximum absolute atomic E-state index is 5.86. The standard InChI is InChI=1S/C17H22N8.2ClH/c18-12-8-11(9-12)14-10-16(22-17(19)21-14)20-6-3-7-25-15-5-2-1-4-13(15)23-24-25;;/h1-2,4-5,10-12H,3,6-9,18H2,(H3,19,20,21,22);2*1H. The zero-order valence-corrected chi connectivity index (χ0v) is 16.4. The van der Waals surface area contributed by atoms with Crippen molar-refractivity contribution in [2.75, 3.05) is 17.6 Å². The highest BCUT2D eigenvalue weighted by Crippen LogP contribution is 2.35. The van der Waals surface area contributed by atoms with Crippen molar-refractivity contribution in [3.63, 3.8) is 0 Å². The van der Waals surface area contributed by atoms with E-state index >= 15 is 0 Å². The number of aryl methyl sites for hydroxylation is 1. The largest absolute Gasteiger partial charge is 0.370 e. The Morgan fingerprint density at radius 1 is 1.15 bits per heavy atom. The number of nitrogens with one attached hydrogen (secondary N) is 1. The molecule has 8 nitrogen and oxygen atoms in total. The Kier molecular flexibility index (Phi) is 7.18. The molecule has 1 saturated carbocycles. The molecule has 27 heavy (non-hydrogen) atoms. The molecule has 4 rings (SSSR count). The number of para-hydroxylation sites is 1. The highest BCUT2D eigenvalue weighted by atomic mass is 35.5. The number of nitrogens with two attached hydrogens (primary N) is 2. The molecule has 1 aliphatic carbocycles. The third-order valence-corrected chi connectivity index (χ3v) is 4.63. The maximum Gasteiger partial charge on any atom is 0.222 e. The Bertz CT molecular complexity index is 878. The van der Waals surface area contributed by atoms with Crippen molar-refractivity contribution in [3.05, 3.63) is 36.0 Å². The number of nitrogens with zero attached hydrogens (tertiary/aromatic N) is 5. The molecule has 1 aromatic carbocycles. The van der Waals surface area contributed by atoms with Crippen LogP contribution < -0.4 is 16.8 Å². The van der Waals surface area contributed by atoms with Gasteiger partial charge in [0.25, 0.3) is 0 Å². The zero-order valence-electron chi connectivity index (χ0n) is 14.8. The van der Waals surface area contributed by atoms with Crippen LogP contribution in [0.2, 0.25) is 0 Å². The van der Waals surface area contributed by atoms with Crippen LogP contribution in [0, 0.1) is 0 Å². The average Bonchev–Trinajstić information content (AvgIpc) is 2.99. The molecule has 146 valence electrons. The van der Waals surface area contributed by atoms with Gasteiger partial charge in [0.1, 0.15) is 11.3 Å². The lowest BCUT2D eigenvalue weighted by molar-refractivity contribution is 0.345. The van der Waals surface area contributed by atoms with Crippen LogP contribution in [0.15, 0.2) is 30.3 Å². The molecule has 0 amide bonds. The predicted octanol–water partition coefficient (Wildman–Crippen LogP) is 2.35. The monoisotopic (exact) mass is 410 g/mol. The summed E-state index contributed by atoms with van der Waals surface area (Å²) in [6.45, 7) is 1.56. The Hall–Kier alpha value is -2.16. The third-order valence-electron chi connectivity index (χ3n) is 4.63. The molecule has 0 bridgehead atoms. The Morgan fingerprint density at radius 3 is 2.70 bits per heavy atom. The quantitative estimate of drug-likeness (QED) is 0.533. The fourth-order valence-corrected chi connectivity index (χ4v) is 3.22. The summed E-state index contributed by atoms with van der Waals surface area (Å²) in [5.74, 6) is 1.48. The number of aromatic nitrogens is 5. The van der Waals surface area contributed by atoms with Crippen LogP contribution in [0.4, 0.5) is 11.8 Å². The van der Waals surface area contributed by atoms with Crippen molar-refractivity contribution < 1.29 is 0 Å². The molecule has 0 atom stereocenters. The van der Waals surface area contributed by atoms with Gasteiger partial charge < -0.3 is 16.8 Å². The van der Waals surface area contributed by atoms with Crippen LogP contribution in [0.5, 0.6) is 0 Å². The van der Waals surface area contributed by atoms with Gasteiger partial charge in [-0.2, -0.15) is 4.98 Å². The molecular formula is C17H24Cl2N8. The molecule has 3 aromatic rings. The molecule has 2 aromatic heterocycles. The highest BCUT2D eigenvalue weighted by molar-refractivity contribution is 5.85. The van der Waals surface area contributed by atoms with Crippen molar-refractivity contribution in [2.24, 2.45) is 5.73 Å². The Morgan fingerprint density at radius 2 is 1.93 bits per heavy atom. The fraction of sp³-hybridized carbons (Fsp3) is 0.412. The normalized spacial score (nSPS) is 18.3. The van der Waals surface area contributed by atoms with Crippen molar-refractivity contribution >= 4 is 47.6 Å². The van der Waals surface area contributed by atoms with E-state index in [0.717, 1.165) is 54.9 Å². The Balaban J connectivity index is 0.00000131. The second-order valence-corrected chi connectivity index (χ2v) is 6.55. The van der Waals surface area contributed by atoms with Crippen LogP contribution in [-0.4, -0.2) is 37.5 Å². The van der Waals surface area contributed by atoms with Gasteiger partial charge in [0.2, 0.25) is 5.95 Å². The first-order valence-electron chi connectivity index (χ1n) is 8.61. The smallest absolute Gasteiger partial charge is 0.222 e. The first-order valence-corrected chi connectivity index (χ1v) is 8.61. The Labute approximate surface area is 169 Å². The lowest BCUT2D eigenvalue weighted by Gasteiger charge is -2.32. The van der Waals surface area contributed by atoms with Crippen molar-refractivity contribution in [1.82, 2.24) is 25.0 Å². The fourth-order valence-electron chi connectivity index (χ4n) is 3.22. The van der Waals surface area contributed by atoms with Gasteiger partial charge in [-0.3, -0.25) is 0 Å². The van der Waals surface area contributed by atoms with Gasteiger partial charge in [-0.05, 0) is 31.4 Å². The summed E-state index contributed by atoms with van der Waals surface area (Å²) in [6, 6.07) is 10.2.